The Balaban J connectivity index is 1.85. The van der Waals surface area contributed by atoms with Crippen LogP contribution in [0.1, 0.15) is 36.1 Å². The summed E-state index contributed by atoms with van der Waals surface area (Å²) < 4.78 is 4.62. The molecule has 0 amide bonds. The van der Waals surface area contributed by atoms with Gasteiger partial charge < -0.3 is 10.1 Å². The number of unbranched alkanes of at least 4 members (excludes halogenated alkanes) is 2. The van der Waals surface area contributed by atoms with Crippen molar-refractivity contribution < 1.29 is 9.53 Å². The lowest BCUT2D eigenvalue weighted by atomic mass is 10.2. The van der Waals surface area contributed by atoms with Crippen LogP contribution in [0.5, 0.6) is 0 Å². The van der Waals surface area contributed by atoms with Crippen molar-refractivity contribution in [2.75, 3.05) is 19.0 Å². The topological polar surface area (TPSA) is 64.1 Å². The van der Waals surface area contributed by atoms with Crippen molar-refractivity contribution in [2.24, 2.45) is 0 Å². The Morgan fingerprint density at radius 2 is 2.10 bits per heavy atom. The summed E-state index contributed by atoms with van der Waals surface area (Å²) in [7, 11) is 1.43. The molecular weight excluding hydrogens is 286 g/mol. The van der Waals surface area contributed by atoms with Crippen molar-refractivity contribution in [2.45, 2.75) is 39.5 Å². The normalized spacial score (nSPS) is 10.8. The molecule has 0 unspecified atom stereocenters. The van der Waals surface area contributed by atoms with Gasteiger partial charge in [0.05, 0.1) is 12.5 Å². The number of nitrogens with one attached hydrogen (secondary N) is 1. The van der Waals surface area contributed by atoms with Crippen molar-refractivity contribution in [1.82, 2.24) is 9.97 Å². The van der Waals surface area contributed by atoms with E-state index in [-0.39, 0.29) is 5.97 Å². The van der Waals surface area contributed by atoms with Crippen molar-refractivity contribution in [3.05, 3.63) is 16.8 Å². The average molecular weight is 307 g/mol. The molecule has 0 aromatic carbocycles. The highest BCUT2D eigenvalue weighted by atomic mass is 32.1. The third-order valence-electron chi connectivity index (χ3n) is 3.54. The molecule has 0 saturated carbocycles. The van der Waals surface area contributed by atoms with Gasteiger partial charge in [-0.25, -0.2) is 9.97 Å². The van der Waals surface area contributed by atoms with E-state index in [0.717, 1.165) is 41.8 Å². The van der Waals surface area contributed by atoms with E-state index in [1.54, 1.807) is 17.7 Å². The molecule has 0 aliphatic carbocycles. The number of ether oxygens (including phenoxy) is 1. The van der Waals surface area contributed by atoms with Crippen LogP contribution in [0.4, 0.5) is 5.82 Å². The molecule has 6 heteroatoms. The van der Waals surface area contributed by atoms with Gasteiger partial charge in [0.1, 0.15) is 17.0 Å². The summed E-state index contributed by atoms with van der Waals surface area (Å²) in [6.07, 6.45) is 4.97. The number of nitrogens with zero attached hydrogens (tertiary/aromatic N) is 2. The molecule has 0 radical (unpaired) electrons. The molecule has 2 heterocycles. The molecule has 2 aromatic heterocycles. The summed E-state index contributed by atoms with van der Waals surface area (Å²) in [6, 6.07) is 0. The zero-order valence-electron chi connectivity index (χ0n) is 12.7. The predicted molar refractivity (Wildman–Crippen MR) is 85.9 cm³/mol. The van der Waals surface area contributed by atoms with E-state index in [2.05, 4.69) is 33.9 Å². The Hall–Kier alpha value is -1.69. The van der Waals surface area contributed by atoms with Gasteiger partial charge in [0.2, 0.25) is 0 Å². The highest BCUT2D eigenvalue weighted by Gasteiger charge is 2.11. The van der Waals surface area contributed by atoms with Crippen LogP contribution in [0.3, 0.4) is 0 Å². The van der Waals surface area contributed by atoms with Crippen LogP contribution in [0, 0.1) is 13.8 Å². The van der Waals surface area contributed by atoms with Crippen molar-refractivity contribution >= 4 is 33.3 Å². The Labute approximate surface area is 128 Å². The average Bonchev–Trinajstić information content (AvgIpc) is 2.78. The first kappa shape index (κ1) is 15.7. The summed E-state index contributed by atoms with van der Waals surface area (Å²) in [6.45, 7) is 5.07. The summed E-state index contributed by atoms with van der Waals surface area (Å²) in [5.74, 6) is 0.777. The van der Waals surface area contributed by atoms with Gasteiger partial charge in [0, 0.05) is 17.8 Å². The van der Waals surface area contributed by atoms with E-state index in [1.807, 2.05) is 0 Å². The number of esters is 1. The molecule has 0 saturated heterocycles. The lowest BCUT2D eigenvalue weighted by Gasteiger charge is -2.07. The Kier molecular flexibility index (Phi) is 5.50. The van der Waals surface area contributed by atoms with Crippen LogP contribution >= 0.6 is 11.3 Å². The number of carbonyl (C=O) groups excluding carboxylic acids is 1. The minimum Gasteiger partial charge on any atom is -0.469 e. The standard InChI is InChI=1S/C15H21N3O2S/c1-10-11(2)21-15-13(10)14(17-9-18-15)16-8-6-4-5-7-12(19)20-3/h9H,4-8H2,1-3H3,(H,16,17,18). The van der Waals surface area contributed by atoms with Crippen LogP contribution in [0.25, 0.3) is 10.2 Å². The first-order chi connectivity index (χ1) is 10.1. The van der Waals surface area contributed by atoms with Crippen LogP contribution in [0.15, 0.2) is 6.33 Å². The lowest BCUT2D eigenvalue weighted by Crippen LogP contribution is -2.05. The molecule has 5 nitrogen and oxygen atoms in total. The molecule has 0 bridgehead atoms. The Morgan fingerprint density at radius 3 is 2.86 bits per heavy atom. The SMILES string of the molecule is COC(=O)CCCCCNc1ncnc2sc(C)c(C)c12. The van der Waals surface area contributed by atoms with E-state index in [0.29, 0.717) is 6.42 Å². The third-order valence-corrected chi connectivity index (χ3v) is 4.66. The number of rotatable bonds is 7. The Morgan fingerprint density at radius 1 is 1.29 bits per heavy atom. The summed E-state index contributed by atoms with van der Waals surface area (Å²) in [5.41, 5.74) is 1.25. The molecule has 0 atom stereocenters. The largest absolute Gasteiger partial charge is 0.469 e. The van der Waals surface area contributed by atoms with Gasteiger partial charge in [-0.05, 0) is 32.3 Å². The summed E-state index contributed by atoms with van der Waals surface area (Å²) >= 11 is 1.70. The van der Waals surface area contributed by atoms with Crippen LogP contribution in [-0.4, -0.2) is 29.6 Å². The zero-order chi connectivity index (χ0) is 15.2. The summed E-state index contributed by atoms with van der Waals surface area (Å²) in [4.78, 5) is 22.0. The molecule has 114 valence electrons. The van der Waals surface area contributed by atoms with E-state index in [9.17, 15) is 4.79 Å². The fraction of sp³-hybridized carbons (Fsp3) is 0.533. The molecule has 0 spiro atoms. The quantitative estimate of drug-likeness (QED) is 0.627. The number of anilines is 1. The Bertz CT molecular complexity index is 625. The molecule has 0 aliphatic rings. The highest BCUT2D eigenvalue weighted by molar-refractivity contribution is 7.18. The number of hydrogen-bond acceptors (Lipinski definition) is 6. The van der Waals surface area contributed by atoms with Gasteiger partial charge in [-0.2, -0.15) is 0 Å². The van der Waals surface area contributed by atoms with Gasteiger partial charge >= 0.3 is 5.97 Å². The fourth-order valence-electron chi connectivity index (χ4n) is 2.20. The maximum absolute atomic E-state index is 11.0. The molecule has 0 aliphatic heterocycles. The second-order valence-corrected chi connectivity index (χ2v) is 6.20. The predicted octanol–water partition coefficient (Wildman–Crippen LogP) is 3.45. The van der Waals surface area contributed by atoms with Gasteiger partial charge in [-0.1, -0.05) is 6.42 Å². The number of aryl methyl sites for hydroxylation is 2. The van der Waals surface area contributed by atoms with Gasteiger partial charge in [-0.15, -0.1) is 11.3 Å². The zero-order valence-corrected chi connectivity index (χ0v) is 13.5. The number of carbonyl (C=O) groups is 1. The second-order valence-electron chi connectivity index (χ2n) is 5.00. The van der Waals surface area contributed by atoms with E-state index in [4.69, 9.17) is 0 Å². The van der Waals surface area contributed by atoms with Crippen molar-refractivity contribution in [1.29, 1.82) is 0 Å². The van der Waals surface area contributed by atoms with E-state index in [1.165, 1.54) is 17.6 Å². The number of methoxy groups -OCH3 is 1. The molecule has 2 rings (SSSR count). The van der Waals surface area contributed by atoms with Gasteiger partial charge in [0.15, 0.2) is 0 Å². The fourth-order valence-corrected chi connectivity index (χ4v) is 3.19. The minimum absolute atomic E-state index is 0.134. The summed E-state index contributed by atoms with van der Waals surface area (Å²) in [5, 5.41) is 4.52. The smallest absolute Gasteiger partial charge is 0.305 e. The van der Waals surface area contributed by atoms with Crippen LogP contribution in [0.2, 0.25) is 0 Å². The molecular formula is C15H21N3O2S. The maximum Gasteiger partial charge on any atom is 0.305 e. The van der Waals surface area contributed by atoms with Gasteiger partial charge in [-0.3, -0.25) is 4.79 Å². The minimum atomic E-state index is -0.134. The van der Waals surface area contributed by atoms with Crippen molar-refractivity contribution in [3.63, 3.8) is 0 Å². The molecule has 0 fully saturated rings. The third kappa shape index (κ3) is 3.91. The molecule has 2 aromatic rings. The first-order valence-corrected chi connectivity index (χ1v) is 7.96. The molecule has 21 heavy (non-hydrogen) atoms. The molecule has 1 N–H and O–H groups in total. The lowest BCUT2D eigenvalue weighted by molar-refractivity contribution is -0.140. The van der Waals surface area contributed by atoms with Crippen LogP contribution in [-0.2, 0) is 9.53 Å². The van der Waals surface area contributed by atoms with Crippen molar-refractivity contribution in [3.8, 4) is 0 Å². The second kappa shape index (κ2) is 7.36. The monoisotopic (exact) mass is 307 g/mol. The number of fused-ring (bicyclic) bond motifs is 1. The van der Waals surface area contributed by atoms with E-state index >= 15 is 0 Å². The van der Waals surface area contributed by atoms with Gasteiger partial charge in [0.25, 0.3) is 0 Å². The van der Waals surface area contributed by atoms with E-state index < -0.39 is 0 Å². The number of aromatic nitrogens is 2. The number of thiophene rings is 1. The maximum atomic E-state index is 11.0. The number of hydrogen-bond donors (Lipinski definition) is 1. The van der Waals surface area contributed by atoms with Crippen LogP contribution < -0.4 is 5.32 Å². The highest BCUT2D eigenvalue weighted by Crippen LogP contribution is 2.32. The first-order valence-electron chi connectivity index (χ1n) is 7.15.